The molecule has 0 aliphatic carbocycles. The SMILES string of the molecule is CC(C)(C)[C@@H](c1ccc(O)cc1F)N1CCNCC1.Cl. The summed E-state index contributed by atoms with van der Waals surface area (Å²) in [4.78, 5) is 2.33. The van der Waals surface area contributed by atoms with E-state index in [9.17, 15) is 9.50 Å². The lowest BCUT2D eigenvalue weighted by Gasteiger charge is -2.42. The summed E-state index contributed by atoms with van der Waals surface area (Å²) < 4.78 is 14.2. The van der Waals surface area contributed by atoms with Crippen LogP contribution in [0.3, 0.4) is 0 Å². The van der Waals surface area contributed by atoms with Crippen molar-refractivity contribution in [3.05, 3.63) is 29.6 Å². The molecule has 1 aromatic carbocycles. The van der Waals surface area contributed by atoms with Gasteiger partial charge in [-0.05, 0) is 11.5 Å². The zero-order chi connectivity index (χ0) is 14.0. The molecule has 1 atom stereocenters. The van der Waals surface area contributed by atoms with Gasteiger partial charge >= 0.3 is 0 Å². The van der Waals surface area contributed by atoms with Crippen molar-refractivity contribution in [3.63, 3.8) is 0 Å². The first kappa shape index (κ1) is 17.2. The van der Waals surface area contributed by atoms with E-state index in [1.807, 2.05) is 0 Å². The average Bonchev–Trinajstić information content (AvgIpc) is 2.32. The second-order valence-electron chi connectivity index (χ2n) is 6.26. The van der Waals surface area contributed by atoms with Crippen molar-refractivity contribution in [2.75, 3.05) is 26.2 Å². The minimum atomic E-state index is -0.321. The number of aromatic hydroxyl groups is 1. The van der Waals surface area contributed by atoms with Crippen LogP contribution in [0.2, 0.25) is 0 Å². The highest BCUT2D eigenvalue weighted by Gasteiger charge is 2.34. The van der Waals surface area contributed by atoms with Gasteiger partial charge in [-0.3, -0.25) is 4.90 Å². The summed E-state index contributed by atoms with van der Waals surface area (Å²) in [5, 5.41) is 12.7. The first-order chi connectivity index (χ1) is 8.89. The van der Waals surface area contributed by atoms with Crippen molar-refractivity contribution in [1.29, 1.82) is 0 Å². The van der Waals surface area contributed by atoms with Gasteiger partial charge in [0.05, 0.1) is 0 Å². The van der Waals surface area contributed by atoms with Crippen LogP contribution in [-0.2, 0) is 0 Å². The molecular formula is C15H24ClFN2O. The van der Waals surface area contributed by atoms with Crippen LogP contribution >= 0.6 is 12.4 Å². The van der Waals surface area contributed by atoms with Crippen LogP contribution in [0.25, 0.3) is 0 Å². The summed E-state index contributed by atoms with van der Waals surface area (Å²) >= 11 is 0. The predicted octanol–water partition coefficient (Wildman–Crippen LogP) is 2.95. The number of piperazine rings is 1. The molecular weight excluding hydrogens is 279 g/mol. The topological polar surface area (TPSA) is 35.5 Å². The smallest absolute Gasteiger partial charge is 0.131 e. The summed E-state index contributed by atoms with van der Waals surface area (Å²) in [5.74, 6) is -0.340. The normalized spacial score (nSPS) is 18.4. The summed E-state index contributed by atoms with van der Waals surface area (Å²) in [7, 11) is 0. The van der Waals surface area contributed by atoms with Crippen LogP contribution in [0.4, 0.5) is 4.39 Å². The van der Waals surface area contributed by atoms with E-state index in [1.165, 1.54) is 6.07 Å². The first-order valence-electron chi connectivity index (χ1n) is 6.83. The fourth-order valence-electron chi connectivity index (χ4n) is 2.89. The van der Waals surface area contributed by atoms with Crippen LogP contribution in [0.5, 0.6) is 5.75 Å². The lowest BCUT2D eigenvalue weighted by molar-refractivity contribution is 0.0834. The first-order valence-corrected chi connectivity index (χ1v) is 6.83. The standard InChI is InChI=1S/C15H23FN2O.ClH/c1-15(2,3)14(18-8-6-17-7-9-18)12-5-4-11(19)10-13(12)16;/h4-5,10,14,17,19H,6-9H2,1-3H3;1H/t14-;/m1./s1. The van der Waals surface area contributed by atoms with E-state index in [0.29, 0.717) is 5.56 Å². The third kappa shape index (κ3) is 3.84. The third-order valence-corrected chi connectivity index (χ3v) is 3.62. The number of phenolic OH excluding ortho intramolecular Hbond substituents is 1. The fraction of sp³-hybridized carbons (Fsp3) is 0.600. The average molecular weight is 303 g/mol. The molecule has 1 fully saturated rings. The van der Waals surface area contributed by atoms with Gasteiger partial charge in [-0.15, -0.1) is 12.4 Å². The maximum absolute atomic E-state index is 14.2. The van der Waals surface area contributed by atoms with Gasteiger partial charge in [-0.25, -0.2) is 4.39 Å². The molecule has 2 N–H and O–H groups in total. The molecule has 5 heteroatoms. The van der Waals surface area contributed by atoms with Gasteiger partial charge in [-0.2, -0.15) is 0 Å². The molecule has 114 valence electrons. The Hall–Kier alpha value is -0.840. The van der Waals surface area contributed by atoms with Crippen molar-refractivity contribution < 1.29 is 9.50 Å². The Morgan fingerprint density at radius 3 is 2.35 bits per heavy atom. The maximum Gasteiger partial charge on any atom is 0.131 e. The molecule has 1 heterocycles. The van der Waals surface area contributed by atoms with Crippen molar-refractivity contribution in [2.24, 2.45) is 5.41 Å². The molecule has 0 aromatic heterocycles. The van der Waals surface area contributed by atoms with Crippen molar-refractivity contribution in [2.45, 2.75) is 26.8 Å². The van der Waals surface area contributed by atoms with Crippen molar-refractivity contribution >= 4 is 12.4 Å². The molecule has 3 nitrogen and oxygen atoms in total. The van der Waals surface area contributed by atoms with Crippen LogP contribution in [0.15, 0.2) is 18.2 Å². The Labute approximate surface area is 126 Å². The summed E-state index contributed by atoms with van der Waals surface area (Å²) in [6.45, 7) is 10.1. The quantitative estimate of drug-likeness (QED) is 0.882. The number of rotatable bonds is 2. The highest BCUT2D eigenvalue weighted by atomic mass is 35.5. The van der Waals surface area contributed by atoms with Crippen molar-refractivity contribution in [1.82, 2.24) is 10.2 Å². The van der Waals surface area contributed by atoms with Gasteiger partial charge < -0.3 is 10.4 Å². The van der Waals surface area contributed by atoms with Gasteiger partial charge in [0.15, 0.2) is 0 Å². The number of hydrogen-bond acceptors (Lipinski definition) is 3. The number of nitrogens with one attached hydrogen (secondary N) is 1. The molecule has 0 amide bonds. The van der Waals surface area contributed by atoms with E-state index in [1.54, 1.807) is 12.1 Å². The Morgan fingerprint density at radius 1 is 1.25 bits per heavy atom. The number of phenols is 1. The zero-order valence-corrected chi connectivity index (χ0v) is 13.1. The lowest BCUT2D eigenvalue weighted by atomic mass is 9.80. The number of hydrogen-bond donors (Lipinski definition) is 2. The molecule has 2 rings (SSSR count). The number of nitrogens with zero attached hydrogens (tertiary/aromatic N) is 1. The highest BCUT2D eigenvalue weighted by molar-refractivity contribution is 5.85. The second kappa shape index (κ2) is 6.74. The van der Waals surface area contributed by atoms with Crippen molar-refractivity contribution in [3.8, 4) is 5.75 Å². The van der Waals surface area contributed by atoms with Gasteiger partial charge in [0.25, 0.3) is 0 Å². The minimum Gasteiger partial charge on any atom is -0.508 e. The van der Waals surface area contributed by atoms with Gasteiger partial charge in [0.1, 0.15) is 11.6 Å². The van der Waals surface area contributed by atoms with Gasteiger partial charge in [-0.1, -0.05) is 26.8 Å². The van der Waals surface area contributed by atoms with E-state index in [0.717, 1.165) is 26.2 Å². The Balaban J connectivity index is 0.00000200. The molecule has 1 aliphatic rings. The fourth-order valence-corrected chi connectivity index (χ4v) is 2.89. The largest absolute Gasteiger partial charge is 0.508 e. The molecule has 0 saturated carbocycles. The van der Waals surface area contributed by atoms with Gasteiger partial charge in [0, 0.05) is 43.9 Å². The molecule has 0 radical (unpaired) electrons. The minimum absolute atomic E-state index is 0. The summed E-state index contributed by atoms with van der Waals surface area (Å²) in [6, 6.07) is 4.51. The molecule has 1 aromatic rings. The summed E-state index contributed by atoms with van der Waals surface area (Å²) in [6.07, 6.45) is 0. The van der Waals surface area contributed by atoms with E-state index >= 15 is 0 Å². The predicted molar refractivity (Wildman–Crippen MR) is 82.0 cm³/mol. The van der Waals surface area contributed by atoms with Gasteiger partial charge in [0.2, 0.25) is 0 Å². The molecule has 0 unspecified atom stereocenters. The Kier molecular flexibility index (Phi) is 5.80. The zero-order valence-electron chi connectivity index (χ0n) is 12.3. The van der Waals surface area contributed by atoms with E-state index in [4.69, 9.17) is 0 Å². The molecule has 0 bridgehead atoms. The monoisotopic (exact) mass is 302 g/mol. The third-order valence-electron chi connectivity index (χ3n) is 3.62. The highest BCUT2D eigenvalue weighted by Crippen LogP contribution is 2.39. The van der Waals surface area contributed by atoms with E-state index < -0.39 is 0 Å². The molecule has 20 heavy (non-hydrogen) atoms. The number of benzene rings is 1. The van der Waals surface area contributed by atoms with E-state index in [2.05, 4.69) is 31.0 Å². The summed E-state index contributed by atoms with van der Waals surface area (Å²) in [5.41, 5.74) is 0.613. The lowest BCUT2D eigenvalue weighted by Crippen LogP contribution is -2.48. The Morgan fingerprint density at radius 2 is 1.85 bits per heavy atom. The Bertz CT molecular complexity index is 442. The van der Waals surface area contributed by atoms with E-state index in [-0.39, 0.29) is 35.4 Å². The molecule has 0 spiro atoms. The van der Waals surface area contributed by atoms with Crippen LogP contribution < -0.4 is 5.32 Å². The second-order valence-corrected chi connectivity index (χ2v) is 6.26. The van der Waals surface area contributed by atoms with Crippen LogP contribution in [0, 0.1) is 11.2 Å². The van der Waals surface area contributed by atoms with Crippen LogP contribution in [-0.4, -0.2) is 36.2 Å². The maximum atomic E-state index is 14.2. The molecule has 1 aliphatic heterocycles. The van der Waals surface area contributed by atoms with Crippen LogP contribution in [0.1, 0.15) is 32.4 Å². The molecule has 1 saturated heterocycles. The number of halogens is 2.